The minimum Gasteiger partial charge on any atom is -0.479 e. The number of imide groups is 1. The smallest absolute Gasteiger partial charge is 0.324 e. The van der Waals surface area contributed by atoms with Crippen molar-refractivity contribution in [3.05, 3.63) is 6.33 Å². The molecule has 0 radical (unpaired) electrons. The van der Waals surface area contributed by atoms with Crippen LogP contribution in [0.2, 0.25) is 0 Å². The van der Waals surface area contributed by atoms with Gasteiger partial charge in [0.05, 0.1) is 26.1 Å². The van der Waals surface area contributed by atoms with E-state index in [-0.39, 0.29) is 30.1 Å². The van der Waals surface area contributed by atoms with E-state index in [1.54, 1.807) is 11.5 Å². The molecule has 2 aromatic heterocycles. The molecular weight excluding hydrogens is 477 g/mol. The fraction of sp³-hybridized carbons (Fsp3) is 0.588. The largest absolute Gasteiger partial charge is 0.479 e. The Hall–Kier alpha value is -2.45. The van der Waals surface area contributed by atoms with E-state index in [9.17, 15) is 19.3 Å². The molecule has 2 aromatic rings. The van der Waals surface area contributed by atoms with Crippen molar-refractivity contribution in [2.75, 3.05) is 32.3 Å². The van der Waals surface area contributed by atoms with Gasteiger partial charge in [-0.2, -0.15) is 9.97 Å². The minimum absolute atomic E-state index is 0.00564. The second-order valence-corrected chi connectivity index (χ2v) is 10.9. The fourth-order valence-corrected chi connectivity index (χ4v) is 6.09. The highest BCUT2D eigenvalue weighted by molar-refractivity contribution is 8.50. The van der Waals surface area contributed by atoms with Gasteiger partial charge in [0, 0.05) is 18.7 Å². The summed E-state index contributed by atoms with van der Waals surface area (Å²) in [5, 5.41) is 12.8. The van der Waals surface area contributed by atoms with Gasteiger partial charge in [-0.05, 0) is 0 Å². The summed E-state index contributed by atoms with van der Waals surface area (Å²) in [7, 11) is 0.331. The van der Waals surface area contributed by atoms with Crippen LogP contribution in [0.1, 0.15) is 13.2 Å². The molecule has 14 nitrogen and oxygen atoms in total. The molecule has 0 aliphatic carbocycles. The molecule has 4 N–H and O–H groups in total. The monoisotopic (exact) mass is 501 g/mol. The number of aliphatic hydroxyl groups excluding tert-OH is 1. The number of likely N-dealkylation sites (N-methyl/N-ethyl adjacent to an activating group) is 1. The van der Waals surface area contributed by atoms with Gasteiger partial charge in [0.2, 0.25) is 19.1 Å². The number of aliphatic hydroxyl groups is 1. The first-order valence-electron chi connectivity index (χ1n) is 9.96. The lowest BCUT2D eigenvalue weighted by Crippen LogP contribution is -2.33. The summed E-state index contributed by atoms with van der Waals surface area (Å²) in [6, 6.07) is -1.20. The molecule has 2 aliphatic heterocycles. The Morgan fingerprint density at radius 2 is 2.15 bits per heavy atom. The fourth-order valence-electron chi connectivity index (χ4n) is 3.70. The number of amides is 3. The van der Waals surface area contributed by atoms with Crippen molar-refractivity contribution >= 4 is 47.7 Å². The predicted molar refractivity (Wildman–Crippen MR) is 118 cm³/mol. The van der Waals surface area contributed by atoms with Gasteiger partial charge in [0.15, 0.2) is 11.2 Å². The third-order valence-corrected chi connectivity index (χ3v) is 8.28. The van der Waals surface area contributed by atoms with Crippen molar-refractivity contribution < 1.29 is 33.3 Å². The maximum absolute atomic E-state index is 12.3. The number of nitrogens with two attached hydrogens (primary N) is 1. The zero-order chi connectivity index (χ0) is 23.9. The number of nitrogen functional groups attached to an aromatic ring is 1. The van der Waals surface area contributed by atoms with Crippen LogP contribution in [0, 0.1) is 5.92 Å². The quantitative estimate of drug-likeness (QED) is 0.325. The molecule has 0 bridgehead atoms. The number of imidazole rings is 1. The lowest BCUT2D eigenvalue weighted by Gasteiger charge is -2.17. The third-order valence-electron chi connectivity index (χ3n) is 5.60. The number of nitrogens with one attached hydrogen (secondary N) is 1. The van der Waals surface area contributed by atoms with E-state index >= 15 is 0 Å². The maximum Gasteiger partial charge on any atom is 0.324 e. The van der Waals surface area contributed by atoms with Gasteiger partial charge in [-0.15, -0.1) is 0 Å². The van der Waals surface area contributed by atoms with Crippen LogP contribution >= 0.6 is 18.6 Å². The lowest BCUT2D eigenvalue weighted by atomic mass is 10.0. The Labute approximate surface area is 192 Å². The summed E-state index contributed by atoms with van der Waals surface area (Å²) in [6.45, 7) is 1.68. The molecule has 2 aliphatic rings. The molecule has 16 heteroatoms. The number of anilines is 1. The molecule has 0 saturated carbocycles. The Morgan fingerprint density at radius 1 is 1.39 bits per heavy atom. The molecule has 4 unspecified atom stereocenters. The van der Waals surface area contributed by atoms with E-state index in [2.05, 4.69) is 20.3 Å². The van der Waals surface area contributed by atoms with Gasteiger partial charge in [0.1, 0.15) is 18.4 Å². The molecule has 4 heterocycles. The van der Waals surface area contributed by atoms with Crippen molar-refractivity contribution in [2.45, 2.75) is 31.4 Å². The molecule has 33 heavy (non-hydrogen) atoms. The number of nitrogens with zero attached hydrogens (tertiary/aromatic N) is 5. The SMILES string of the molecule is COc1nc(N)nc2c1ncn2C1OC(CO[PH](=O)SC[C@H]2C(=O)NC(=O)N2C)[C@@H](O)C1C. The van der Waals surface area contributed by atoms with E-state index in [0.717, 1.165) is 11.4 Å². The van der Waals surface area contributed by atoms with Crippen molar-refractivity contribution in [1.29, 1.82) is 0 Å². The number of fused-ring (bicyclic) bond motifs is 1. The van der Waals surface area contributed by atoms with Crippen LogP contribution in [0.25, 0.3) is 11.2 Å². The van der Waals surface area contributed by atoms with Crippen molar-refractivity contribution in [1.82, 2.24) is 29.7 Å². The number of ether oxygens (including phenoxy) is 2. The number of hydrogen-bond donors (Lipinski definition) is 3. The van der Waals surface area contributed by atoms with Crippen molar-refractivity contribution in [3.8, 4) is 5.88 Å². The van der Waals surface area contributed by atoms with E-state index in [1.807, 2.05) is 0 Å². The molecule has 2 fully saturated rings. The molecule has 0 aromatic carbocycles. The molecule has 4 rings (SSSR count). The number of carbonyl (C=O) groups is 2. The summed E-state index contributed by atoms with van der Waals surface area (Å²) in [5.74, 6) is -0.449. The highest BCUT2D eigenvalue weighted by atomic mass is 32.7. The van der Waals surface area contributed by atoms with Crippen molar-refractivity contribution in [2.24, 2.45) is 5.92 Å². The standard InChI is InChI=1S/C17H24N7O7PS/c1-7-11(25)9(4-30-32(28)33-5-8-13(26)21-17(27)23(8)2)31-15(7)24-6-19-10-12(24)20-16(18)22-14(10)29-3/h6-9,11,15,25,32H,4-5H2,1-3H3,(H2,18,20,22)(H,21,26,27)/t7?,8-,9?,11-,15?/m0/s1. The van der Waals surface area contributed by atoms with Crippen LogP contribution < -0.4 is 15.8 Å². The molecule has 2 saturated heterocycles. The molecular formula is C17H24N7O7PS. The average molecular weight is 501 g/mol. The van der Waals surface area contributed by atoms with Gasteiger partial charge in [-0.25, -0.2) is 9.78 Å². The molecule has 3 amide bonds. The number of aromatic nitrogens is 4. The first-order chi connectivity index (χ1) is 15.7. The van der Waals surface area contributed by atoms with Gasteiger partial charge in [-0.1, -0.05) is 18.3 Å². The van der Waals surface area contributed by atoms with Gasteiger partial charge >= 0.3 is 6.03 Å². The molecule has 6 atom stereocenters. The van der Waals surface area contributed by atoms with Crippen LogP contribution in [0.4, 0.5) is 10.7 Å². The summed E-state index contributed by atoms with van der Waals surface area (Å²) in [4.78, 5) is 37.0. The first-order valence-corrected chi connectivity index (χ1v) is 13.0. The summed E-state index contributed by atoms with van der Waals surface area (Å²) in [6.07, 6.45) is -0.786. The summed E-state index contributed by atoms with van der Waals surface area (Å²) < 4.78 is 30.6. The zero-order valence-corrected chi connectivity index (χ0v) is 19.8. The Balaban J connectivity index is 1.38. The third kappa shape index (κ3) is 4.51. The maximum atomic E-state index is 12.3. The number of methoxy groups -OCH3 is 1. The number of hydrogen-bond acceptors (Lipinski definition) is 12. The Kier molecular flexibility index (Phi) is 6.77. The minimum atomic E-state index is -2.60. The topological polar surface area (TPSA) is 184 Å². The van der Waals surface area contributed by atoms with Crippen LogP contribution in [-0.2, 0) is 18.6 Å². The van der Waals surface area contributed by atoms with Gasteiger partial charge in [-0.3, -0.25) is 19.2 Å². The summed E-state index contributed by atoms with van der Waals surface area (Å²) in [5.41, 5.74) is 6.55. The first kappa shape index (κ1) is 23.7. The van der Waals surface area contributed by atoms with Crippen LogP contribution in [0.3, 0.4) is 0 Å². The Bertz CT molecular complexity index is 1100. The van der Waals surface area contributed by atoms with E-state index < -0.39 is 43.6 Å². The average Bonchev–Trinajstić information content (AvgIpc) is 3.39. The second kappa shape index (κ2) is 9.43. The highest BCUT2D eigenvalue weighted by Gasteiger charge is 2.43. The van der Waals surface area contributed by atoms with Crippen molar-refractivity contribution in [3.63, 3.8) is 0 Å². The molecule has 180 valence electrons. The van der Waals surface area contributed by atoms with E-state index in [1.165, 1.54) is 25.4 Å². The van der Waals surface area contributed by atoms with Crippen LogP contribution in [-0.4, -0.2) is 86.2 Å². The Morgan fingerprint density at radius 3 is 2.82 bits per heavy atom. The van der Waals surface area contributed by atoms with Gasteiger partial charge < -0.3 is 29.7 Å². The lowest BCUT2D eigenvalue weighted by molar-refractivity contribution is -0.120. The van der Waals surface area contributed by atoms with Gasteiger partial charge in [0.25, 0.3) is 5.91 Å². The predicted octanol–water partition coefficient (Wildman–Crippen LogP) is 0.00120. The molecule has 0 spiro atoms. The zero-order valence-electron chi connectivity index (χ0n) is 18.0. The number of urea groups is 1. The highest BCUT2D eigenvalue weighted by Crippen LogP contribution is 2.42. The second-order valence-electron chi connectivity index (χ2n) is 7.62. The number of carbonyl (C=O) groups excluding carboxylic acids is 2. The van der Waals surface area contributed by atoms with E-state index in [4.69, 9.17) is 19.7 Å². The summed E-state index contributed by atoms with van der Waals surface area (Å²) >= 11 is 0.947. The van der Waals surface area contributed by atoms with Crippen LogP contribution in [0.15, 0.2) is 6.33 Å². The normalized spacial score (nSPS) is 28.5. The number of rotatable bonds is 8. The van der Waals surface area contributed by atoms with E-state index in [0.29, 0.717) is 11.2 Å². The van der Waals surface area contributed by atoms with Crippen LogP contribution in [0.5, 0.6) is 5.88 Å².